The van der Waals surface area contributed by atoms with Gasteiger partial charge in [0.15, 0.2) is 77.8 Å². The lowest BCUT2D eigenvalue weighted by molar-refractivity contribution is -0.750. The summed E-state index contributed by atoms with van der Waals surface area (Å²) in [6, 6.07) is 44.0. The first-order chi connectivity index (χ1) is 43.6. The monoisotopic (exact) mass is 1250 g/mol. The standard InChI is InChI=1S/C20H25N3.C19H20F3N3.C18H19F2N3.C18H21N3/c1-14-13-15(2)20(18-10-12-22(5)23(18)6)16(3)19(14)17-9-7-8-11-21(17)4;1-13-15(17-7-5-6-9-23(17)2)11-14(19(20,21)22)12-16(13)18-8-10-24(3)25(18)4;1-12-17(15-7-5-6-9-21(15)2)13(19)11-14(20)18(12)16-8-10-22(3)23(16)4;1-14-15(17-10-5-6-12-19(17)2)8-7-9-16(14)18-11-13-20(3)21(18)4/h7-13H,1-6H3;5-12H,1-4H3;5-11H,1-4H3;5-13H,1-4H3/q4*+2. The molecule has 12 aromatic rings. The minimum absolute atomic E-state index is 0.424. The van der Waals surface area contributed by atoms with E-state index < -0.39 is 23.4 Å². The number of alkyl halides is 3. The van der Waals surface area contributed by atoms with E-state index in [1.165, 1.54) is 79.4 Å². The first kappa shape index (κ1) is 66.4. The molecule has 0 spiro atoms. The molecule has 0 saturated heterocycles. The van der Waals surface area contributed by atoms with Crippen LogP contribution in [0.15, 0.2) is 189 Å². The molecule has 0 radical (unpaired) electrons. The predicted molar refractivity (Wildman–Crippen MR) is 348 cm³/mol. The molecule has 0 saturated carbocycles. The van der Waals surface area contributed by atoms with Gasteiger partial charge in [-0.05, 0) is 117 Å². The van der Waals surface area contributed by atoms with Crippen molar-refractivity contribution in [3.8, 4) is 90.1 Å². The zero-order chi connectivity index (χ0) is 66.8. The number of hydrogen-bond acceptors (Lipinski definition) is 0. The van der Waals surface area contributed by atoms with E-state index in [1.807, 2.05) is 150 Å². The largest absolute Gasteiger partial charge is 0.416 e. The van der Waals surface area contributed by atoms with E-state index in [1.54, 1.807) is 6.92 Å². The summed E-state index contributed by atoms with van der Waals surface area (Å²) in [7, 11) is 23.6. The van der Waals surface area contributed by atoms with Gasteiger partial charge in [0, 0.05) is 107 Å². The third kappa shape index (κ3) is 13.3. The molecule has 0 bridgehead atoms. The smallest absolute Gasteiger partial charge is 0.206 e. The van der Waals surface area contributed by atoms with Gasteiger partial charge in [-0.1, -0.05) is 18.2 Å². The molecule has 8 aromatic heterocycles. The van der Waals surface area contributed by atoms with Crippen LogP contribution >= 0.6 is 0 Å². The summed E-state index contributed by atoms with van der Waals surface area (Å²) in [6.07, 6.45) is 11.3. The second-order valence-corrected chi connectivity index (χ2v) is 23.8. The van der Waals surface area contributed by atoms with Crippen LogP contribution in [0.2, 0.25) is 0 Å². The number of nitrogens with zero attached hydrogens (tertiary/aromatic N) is 12. The Kier molecular flexibility index (Phi) is 19.6. The van der Waals surface area contributed by atoms with Crippen LogP contribution < -0.4 is 37.0 Å². The van der Waals surface area contributed by atoms with E-state index in [2.05, 4.69) is 195 Å². The molecule has 12 rings (SSSR count). The fourth-order valence-corrected chi connectivity index (χ4v) is 12.4. The molecule has 0 fully saturated rings. The van der Waals surface area contributed by atoms with Crippen molar-refractivity contribution >= 4 is 0 Å². The normalized spacial score (nSPS) is 11.2. The van der Waals surface area contributed by atoms with Gasteiger partial charge in [-0.3, -0.25) is 0 Å². The van der Waals surface area contributed by atoms with Crippen molar-refractivity contribution in [2.45, 2.75) is 47.7 Å². The average Bonchev–Trinajstić information content (AvgIpc) is 1.24. The molecule has 0 aliphatic heterocycles. The van der Waals surface area contributed by atoms with Crippen LogP contribution in [0.4, 0.5) is 22.0 Å². The van der Waals surface area contributed by atoms with Gasteiger partial charge in [0.2, 0.25) is 22.8 Å². The lowest BCUT2D eigenvalue weighted by Crippen LogP contribution is -2.36. The SMILES string of the molecule is Cc1c(-c2cc[n+](C)n2C)c(F)cc(F)c1-c1cccc[n+]1C.Cc1c(-c2cc[n+](C)n2C)cc(C(F)(F)F)cc1-c1cccc[n+]1C.Cc1c(-c2cc[n+](C)n2C)cccc1-c1cccc[n+]1C.Cc1cc(C)c(-c2cccc[n+]2C)c(C)c1-c1cc[n+](C)n1C. The number of rotatable bonds is 8. The molecule has 17 heteroatoms. The van der Waals surface area contributed by atoms with Crippen molar-refractivity contribution in [2.24, 2.45) is 84.6 Å². The van der Waals surface area contributed by atoms with Crippen LogP contribution in [0.5, 0.6) is 0 Å². The summed E-state index contributed by atoms with van der Waals surface area (Å²) < 4.78 is 93.4. The van der Waals surface area contributed by atoms with Gasteiger partial charge in [0.1, 0.15) is 62.6 Å². The first-order valence-corrected chi connectivity index (χ1v) is 30.4. The van der Waals surface area contributed by atoms with Crippen LogP contribution in [0.3, 0.4) is 0 Å². The third-order valence-electron chi connectivity index (χ3n) is 17.9. The first-order valence-electron chi connectivity index (χ1n) is 30.4. The zero-order valence-electron chi connectivity index (χ0n) is 56.2. The fourth-order valence-electron chi connectivity index (χ4n) is 12.4. The summed E-state index contributed by atoms with van der Waals surface area (Å²) in [6.45, 7) is 12.5. The maximum absolute atomic E-state index is 14.5. The Balaban J connectivity index is 0.000000145. The minimum Gasteiger partial charge on any atom is -0.206 e. The van der Waals surface area contributed by atoms with E-state index in [0.717, 1.165) is 23.0 Å². The number of aryl methyl sites for hydroxylation is 10. The number of hydrogen-bond donors (Lipinski definition) is 0. The highest BCUT2D eigenvalue weighted by molar-refractivity contribution is 5.80. The van der Waals surface area contributed by atoms with Crippen LogP contribution in [-0.2, 0) is 90.7 Å². The van der Waals surface area contributed by atoms with E-state index in [-0.39, 0.29) is 0 Å². The Labute approximate surface area is 537 Å². The summed E-state index contributed by atoms with van der Waals surface area (Å²) >= 11 is 0. The van der Waals surface area contributed by atoms with Crippen LogP contribution in [0, 0.1) is 53.2 Å². The predicted octanol–water partition coefficient (Wildman–Crippen LogP) is 11.2. The summed E-state index contributed by atoms with van der Waals surface area (Å²) in [5, 5.41) is 0. The third-order valence-corrected chi connectivity index (χ3v) is 17.9. The van der Waals surface area contributed by atoms with Crippen LogP contribution in [-0.4, -0.2) is 18.7 Å². The van der Waals surface area contributed by atoms with E-state index >= 15 is 0 Å². The van der Waals surface area contributed by atoms with Crippen LogP contribution in [0.25, 0.3) is 90.1 Å². The average molecular weight is 1250 g/mol. The van der Waals surface area contributed by atoms with Crippen molar-refractivity contribution in [3.63, 3.8) is 0 Å². The zero-order valence-corrected chi connectivity index (χ0v) is 56.2. The number of aromatic nitrogens is 12. The second-order valence-electron chi connectivity index (χ2n) is 23.8. The van der Waals surface area contributed by atoms with E-state index in [9.17, 15) is 22.0 Å². The Hall–Kier alpha value is -10.0. The highest BCUT2D eigenvalue weighted by atomic mass is 19.4. The van der Waals surface area contributed by atoms with Gasteiger partial charge >= 0.3 is 6.18 Å². The maximum atomic E-state index is 14.5. The summed E-state index contributed by atoms with van der Waals surface area (Å²) in [5.41, 5.74) is 21.2. The Morgan fingerprint density at radius 2 is 0.652 bits per heavy atom. The highest BCUT2D eigenvalue weighted by Gasteiger charge is 2.34. The quantitative estimate of drug-likeness (QED) is 0.108. The van der Waals surface area contributed by atoms with Gasteiger partial charge in [0.05, 0.1) is 50.4 Å². The molecule has 0 unspecified atom stereocenters. The molecule has 0 aliphatic carbocycles. The lowest BCUT2D eigenvalue weighted by Gasteiger charge is -2.15. The Bertz CT molecular complexity index is 4560. The molecule has 0 N–H and O–H groups in total. The molecule has 12 nitrogen and oxygen atoms in total. The van der Waals surface area contributed by atoms with Gasteiger partial charge in [-0.25, -0.2) is 27.0 Å². The van der Waals surface area contributed by atoms with Crippen molar-refractivity contribution in [1.82, 2.24) is 18.7 Å². The molecule has 0 amide bonds. The number of pyridine rings is 4. The summed E-state index contributed by atoms with van der Waals surface area (Å²) in [5.74, 6) is -1.10. The van der Waals surface area contributed by atoms with Crippen LogP contribution in [0.1, 0.15) is 38.9 Å². The number of benzene rings is 4. The topological polar surface area (TPSA) is 50.8 Å². The number of halogens is 5. The Morgan fingerprint density at radius 3 is 1.09 bits per heavy atom. The van der Waals surface area contributed by atoms with Crippen molar-refractivity contribution < 1.29 is 58.9 Å². The van der Waals surface area contributed by atoms with Crippen molar-refractivity contribution in [3.05, 3.63) is 240 Å². The van der Waals surface area contributed by atoms with Gasteiger partial charge in [-0.15, -0.1) is 18.7 Å². The van der Waals surface area contributed by atoms with Gasteiger partial charge in [0.25, 0.3) is 0 Å². The van der Waals surface area contributed by atoms with Crippen molar-refractivity contribution in [1.29, 1.82) is 0 Å². The molecule has 92 heavy (non-hydrogen) atoms. The summed E-state index contributed by atoms with van der Waals surface area (Å²) in [4.78, 5) is 0. The fraction of sp³-hybridized carbons (Fsp3) is 0.253. The molecule has 8 heterocycles. The lowest BCUT2D eigenvalue weighted by atomic mass is 9.90. The second kappa shape index (κ2) is 27.2. The molecular weight excluding hydrogens is 1160 g/mol. The minimum atomic E-state index is -4.40. The molecule has 0 aliphatic rings. The van der Waals surface area contributed by atoms with Gasteiger partial charge in [-0.2, -0.15) is 31.9 Å². The van der Waals surface area contributed by atoms with E-state index in [4.69, 9.17) is 0 Å². The molecular formula is C75H85F5N12+8. The van der Waals surface area contributed by atoms with Gasteiger partial charge < -0.3 is 0 Å². The molecule has 472 valence electrons. The molecule has 0 atom stereocenters. The van der Waals surface area contributed by atoms with Crippen molar-refractivity contribution in [2.75, 3.05) is 0 Å². The highest BCUT2D eigenvalue weighted by Crippen LogP contribution is 2.40. The molecule has 4 aromatic carbocycles. The van der Waals surface area contributed by atoms with E-state index in [0.29, 0.717) is 39.2 Å². The maximum Gasteiger partial charge on any atom is 0.416 e. The Morgan fingerprint density at radius 1 is 0.304 bits per heavy atom.